The molecule has 0 fully saturated rings. The molecule has 31 heavy (non-hydrogen) atoms. The summed E-state index contributed by atoms with van der Waals surface area (Å²) in [5.41, 5.74) is 0.606. The van der Waals surface area contributed by atoms with Crippen molar-refractivity contribution in [1.82, 2.24) is 15.5 Å². The topological polar surface area (TPSA) is 56.7 Å². The normalized spacial score (nSPS) is 11.5. The van der Waals surface area contributed by atoms with Crippen molar-refractivity contribution >= 4 is 35.8 Å². The molecule has 10 heteroatoms. The van der Waals surface area contributed by atoms with E-state index in [0.717, 1.165) is 12.1 Å². The van der Waals surface area contributed by atoms with Gasteiger partial charge in [0.25, 0.3) is 0 Å². The van der Waals surface area contributed by atoms with E-state index in [-0.39, 0.29) is 42.1 Å². The van der Waals surface area contributed by atoms with Gasteiger partial charge in [0.2, 0.25) is 5.91 Å². The van der Waals surface area contributed by atoms with Crippen molar-refractivity contribution < 1.29 is 22.4 Å². The van der Waals surface area contributed by atoms with E-state index in [1.807, 2.05) is 0 Å². The highest BCUT2D eigenvalue weighted by atomic mass is 127. The number of nitrogens with zero attached hydrogens (tertiary/aromatic N) is 2. The maximum absolute atomic E-state index is 13.1. The number of halogens is 5. The first-order chi connectivity index (χ1) is 14.2. The average Bonchev–Trinajstić information content (AvgIpc) is 2.67. The van der Waals surface area contributed by atoms with Gasteiger partial charge < -0.3 is 15.5 Å². The van der Waals surface area contributed by atoms with Gasteiger partial charge in [0.15, 0.2) is 5.96 Å². The summed E-state index contributed by atoms with van der Waals surface area (Å²) in [7, 11) is 3.35. The Hall–Kier alpha value is -2.37. The highest BCUT2D eigenvalue weighted by molar-refractivity contribution is 14.0. The number of amides is 1. The molecule has 0 aliphatic heterocycles. The zero-order valence-corrected chi connectivity index (χ0v) is 19.5. The summed E-state index contributed by atoms with van der Waals surface area (Å²) in [5.74, 6) is -0.0772. The minimum Gasteiger partial charge on any atom is -0.354 e. The zero-order valence-electron chi connectivity index (χ0n) is 17.2. The van der Waals surface area contributed by atoms with E-state index >= 15 is 0 Å². The van der Waals surface area contributed by atoms with Gasteiger partial charge in [-0.3, -0.25) is 9.79 Å². The second-order valence-electron chi connectivity index (χ2n) is 6.68. The quantitative estimate of drug-likeness (QED) is 0.181. The highest BCUT2D eigenvalue weighted by Gasteiger charge is 2.29. The molecule has 2 aromatic carbocycles. The third-order valence-electron chi connectivity index (χ3n) is 4.26. The molecule has 0 bridgehead atoms. The number of aliphatic imine (C=N–C) groups is 1. The second-order valence-corrected chi connectivity index (χ2v) is 6.68. The standard InChI is InChI=1S/C21H24F4N4O.HI/c1-26-20(29(2)14-15-6-8-17(9-7-15)21(23,24)25)28-11-10-27-19(30)13-16-4-3-5-18(22)12-16;/h3-9,12H,10-11,13-14H2,1-2H3,(H,26,28)(H,27,30);1H. The monoisotopic (exact) mass is 552 g/mol. The van der Waals surface area contributed by atoms with Gasteiger partial charge in [-0.05, 0) is 35.4 Å². The Kier molecular flexibility index (Phi) is 10.7. The lowest BCUT2D eigenvalue weighted by Gasteiger charge is -2.22. The molecule has 2 N–H and O–H groups in total. The van der Waals surface area contributed by atoms with Gasteiger partial charge in [-0.2, -0.15) is 13.2 Å². The van der Waals surface area contributed by atoms with Crippen molar-refractivity contribution in [3.05, 3.63) is 71.0 Å². The zero-order chi connectivity index (χ0) is 22.1. The third kappa shape index (κ3) is 9.11. The van der Waals surface area contributed by atoms with Crippen LogP contribution in [0.15, 0.2) is 53.5 Å². The number of carbonyl (C=O) groups excluding carboxylic acids is 1. The Morgan fingerprint density at radius 3 is 2.26 bits per heavy atom. The van der Waals surface area contributed by atoms with Crippen LogP contribution in [0.2, 0.25) is 0 Å². The predicted octanol–water partition coefficient (Wildman–Crippen LogP) is 3.83. The molecule has 0 aromatic heterocycles. The minimum absolute atomic E-state index is 0. The summed E-state index contributed by atoms with van der Waals surface area (Å²) in [6, 6.07) is 10.8. The molecule has 170 valence electrons. The van der Waals surface area contributed by atoms with E-state index in [9.17, 15) is 22.4 Å². The maximum Gasteiger partial charge on any atom is 0.416 e. The largest absolute Gasteiger partial charge is 0.416 e. The molecule has 5 nitrogen and oxygen atoms in total. The van der Waals surface area contributed by atoms with Gasteiger partial charge >= 0.3 is 6.18 Å². The maximum atomic E-state index is 13.1. The molecule has 0 unspecified atom stereocenters. The number of hydrogen-bond acceptors (Lipinski definition) is 2. The molecule has 0 radical (unpaired) electrons. The van der Waals surface area contributed by atoms with Crippen LogP contribution in [0.4, 0.5) is 17.6 Å². The van der Waals surface area contributed by atoms with E-state index in [2.05, 4.69) is 15.6 Å². The Morgan fingerprint density at radius 1 is 1.03 bits per heavy atom. The first-order valence-corrected chi connectivity index (χ1v) is 9.28. The third-order valence-corrected chi connectivity index (χ3v) is 4.26. The molecule has 0 aliphatic rings. The summed E-state index contributed by atoms with van der Waals surface area (Å²) < 4.78 is 51.1. The van der Waals surface area contributed by atoms with E-state index in [1.54, 1.807) is 31.1 Å². The lowest BCUT2D eigenvalue weighted by atomic mass is 10.1. The number of alkyl halides is 3. The van der Waals surface area contributed by atoms with Crippen LogP contribution >= 0.6 is 24.0 Å². The molecule has 2 aromatic rings. The fraction of sp³-hybridized carbons (Fsp3) is 0.333. The minimum atomic E-state index is -4.36. The summed E-state index contributed by atoms with van der Waals surface area (Å²) in [4.78, 5) is 17.8. The Morgan fingerprint density at radius 2 is 1.68 bits per heavy atom. The van der Waals surface area contributed by atoms with Crippen LogP contribution in [0, 0.1) is 5.82 Å². The summed E-state index contributed by atoms with van der Waals surface area (Å²) in [5, 5.41) is 5.81. The molecule has 0 heterocycles. The van der Waals surface area contributed by atoms with Crippen molar-refractivity contribution in [3.63, 3.8) is 0 Å². The summed E-state index contributed by atoms with van der Waals surface area (Å²) >= 11 is 0. The smallest absolute Gasteiger partial charge is 0.354 e. The first kappa shape index (κ1) is 26.7. The van der Waals surface area contributed by atoms with Crippen LogP contribution in [0.1, 0.15) is 16.7 Å². The van der Waals surface area contributed by atoms with Gasteiger partial charge in [0.1, 0.15) is 5.82 Å². The van der Waals surface area contributed by atoms with Crippen molar-refractivity contribution in [2.75, 3.05) is 27.2 Å². The number of hydrogen-bond donors (Lipinski definition) is 2. The number of benzene rings is 2. The lowest BCUT2D eigenvalue weighted by molar-refractivity contribution is -0.137. The van der Waals surface area contributed by atoms with Crippen LogP contribution in [0.3, 0.4) is 0 Å². The van der Waals surface area contributed by atoms with E-state index < -0.39 is 11.7 Å². The molecule has 0 saturated carbocycles. The molecule has 0 saturated heterocycles. The number of rotatable bonds is 7. The molecular weight excluding hydrogens is 527 g/mol. The number of nitrogens with one attached hydrogen (secondary N) is 2. The van der Waals surface area contributed by atoms with Crippen LogP contribution < -0.4 is 10.6 Å². The Balaban J connectivity index is 0.00000480. The fourth-order valence-corrected chi connectivity index (χ4v) is 2.80. The van der Waals surface area contributed by atoms with Crippen LogP contribution in [0.25, 0.3) is 0 Å². The van der Waals surface area contributed by atoms with E-state index in [1.165, 1.54) is 24.3 Å². The molecule has 1 amide bonds. The van der Waals surface area contributed by atoms with E-state index in [0.29, 0.717) is 36.7 Å². The van der Waals surface area contributed by atoms with Crippen LogP contribution in [-0.4, -0.2) is 44.0 Å². The predicted molar refractivity (Wildman–Crippen MR) is 123 cm³/mol. The van der Waals surface area contributed by atoms with Crippen molar-refractivity contribution in [2.24, 2.45) is 4.99 Å². The van der Waals surface area contributed by atoms with Crippen molar-refractivity contribution in [2.45, 2.75) is 19.1 Å². The first-order valence-electron chi connectivity index (χ1n) is 9.28. The van der Waals surface area contributed by atoms with E-state index in [4.69, 9.17) is 0 Å². The number of guanidine groups is 1. The van der Waals surface area contributed by atoms with Gasteiger partial charge in [-0.15, -0.1) is 24.0 Å². The second kappa shape index (κ2) is 12.5. The van der Waals surface area contributed by atoms with Gasteiger partial charge in [0, 0.05) is 33.7 Å². The van der Waals surface area contributed by atoms with Crippen molar-refractivity contribution in [1.29, 1.82) is 0 Å². The highest BCUT2D eigenvalue weighted by Crippen LogP contribution is 2.29. The number of carbonyl (C=O) groups is 1. The molecular formula is C21H25F4IN4O. The van der Waals surface area contributed by atoms with Gasteiger partial charge in [0.05, 0.1) is 12.0 Å². The summed E-state index contributed by atoms with van der Waals surface area (Å²) in [6.07, 6.45) is -4.28. The molecule has 0 spiro atoms. The van der Waals surface area contributed by atoms with Gasteiger partial charge in [-0.1, -0.05) is 24.3 Å². The Labute approximate surface area is 195 Å². The van der Waals surface area contributed by atoms with Crippen LogP contribution in [0.5, 0.6) is 0 Å². The van der Waals surface area contributed by atoms with Crippen LogP contribution in [-0.2, 0) is 23.9 Å². The fourth-order valence-electron chi connectivity index (χ4n) is 2.80. The summed E-state index contributed by atoms with van der Waals surface area (Å²) in [6.45, 7) is 1.10. The lowest BCUT2D eigenvalue weighted by Crippen LogP contribution is -2.42. The van der Waals surface area contributed by atoms with Crippen molar-refractivity contribution in [3.8, 4) is 0 Å². The molecule has 2 rings (SSSR count). The molecule has 0 aliphatic carbocycles. The molecule has 0 atom stereocenters. The average molecular weight is 552 g/mol. The van der Waals surface area contributed by atoms with Gasteiger partial charge in [-0.25, -0.2) is 4.39 Å². The SMILES string of the molecule is CN=C(NCCNC(=O)Cc1cccc(F)c1)N(C)Cc1ccc(C(F)(F)F)cc1.I. The Bertz CT molecular complexity index is 872.